The van der Waals surface area contributed by atoms with Crippen LogP contribution in [0.3, 0.4) is 0 Å². The smallest absolute Gasteiger partial charge is 0.0876 e. The zero-order chi connectivity index (χ0) is 8.27. The summed E-state index contributed by atoms with van der Waals surface area (Å²) in [6, 6.07) is 8.39. The number of halogens is 3. The highest BCUT2D eigenvalue weighted by Gasteiger charge is 2.01. The Hall–Kier alpha value is 0.660. The molecule has 60 valence electrons. The molecule has 1 aromatic carbocycles. The molecule has 11 heavy (non-hydrogen) atoms. The fraction of sp³-hybridized carbons (Fsp3) is 0.250. The minimum absolute atomic E-state index is 0.258. The summed E-state index contributed by atoms with van der Waals surface area (Å²) in [4.78, 5) is 0. The lowest BCUT2D eigenvalue weighted by Crippen LogP contribution is -1.82. The lowest BCUT2D eigenvalue weighted by molar-refractivity contribution is 1.34. The van der Waals surface area contributed by atoms with Crippen molar-refractivity contribution < 1.29 is 0 Å². The van der Waals surface area contributed by atoms with E-state index in [-0.39, 0.29) is 3.74 Å². The Kier molecular flexibility index (Phi) is 4.10. The zero-order valence-corrected chi connectivity index (χ0v) is 10.5. The Morgan fingerprint density at radius 3 is 2.55 bits per heavy atom. The summed E-state index contributed by atoms with van der Waals surface area (Å²) in [7, 11) is 0. The van der Waals surface area contributed by atoms with Crippen LogP contribution in [0.15, 0.2) is 24.3 Å². The van der Waals surface area contributed by atoms with Crippen molar-refractivity contribution in [1.29, 1.82) is 0 Å². The normalized spacial score (nSPS) is 10.5. The zero-order valence-electron chi connectivity index (χ0n) is 5.73. The van der Waals surface area contributed by atoms with E-state index in [4.69, 9.17) is 0 Å². The van der Waals surface area contributed by atoms with Crippen LogP contribution < -0.4 is 0 Å². The summed E-state index contributed by atoms with van der Waals surface area (Å²) in [6.45, 7) is 0. The largest absolute Gasteiger partial charge is 0.0946 e. The van der Waals surface area contributed by atoms with Crippen LogP contribution in [0, 0.1) is 0 Å². The molecule has 0 aliphatic heterocycles. The number of hydrogen-bond acceptors (Lipinski definition) is 0. The maximum absolute atomic E-state index is 3.45. The molecular formula is C8H7Br3. The number of alkyl halides is 3. The van der Waals surface area contributed by atoms with Gasteiger partial charge in [0, 0.05) is 5.33 Å². The van der Waals surface area contributed by atoms with Crippen molar-refractivity contribution in [2.24, 2.45) is 0 Å². The molecule has 0 radical (unpaired) electrons. The predicted octanol–water partition coefficient (Wildman–Crippen LogP) is 4.37. The van der Waals surface area contributed by atoms with Crippen LogP contribution in [-0.2, 0) is 5.33 Å². The third-order valence-electron chi connectivity index (χ3n) is 1.36. The second kappa shape index (κ2) is 4.63. The molecule has 0 aromatic heterocycles. The van der Waals surface area contributed by atoms with Gasteiger partial charge >= 0.3 is 0 Å². The predicted molar refractivity (Wildman–Crippen MR) is 59.7 cm³/mol. The van der Waals surface area contributed by atoms with Gasteiger partial charge in [0.1, 0.15) is 0 Å². The van der Waals surface area contributed by atoms with E-state index < -0.39 is 0 Å². The second-order valence-corrected chi connectivity index (χ2v) is 5.80. The van der Waals surface area contributed by atoms with Crippen molar-refractivity contribution in [2.75, 3.05) is 0 Å². The van der Waals surface area contributed by atoms with Crippen molar-refractivity contribution in [3.05, 3.63) is 35.4 Å². The molecule has 0 spiro atoms. The van der Waals surface area contributed by atoms with E-state index in [1.807, 2.05) is 0 Å². The van der Waals surface area contributed by atoms with Crippen LogP contribution in [-0.4, -0.2) is 0 Å². The van der Waals surface area contributed by atoms with E-state index >= 15 is 0 Å². The molecule has 1 rings (SSSR count). The van der Waals surface area contributed by atoms with E-state index in [1.54, 1.807) is 0 Å². The first-order valence-corrected chi connectivity index (χ1v) is 6.12. The molecule has 0 saturated carbocycles. The molecule has 0 amide bonds. The van der Waals surface area contributed by atoms with Crippen LogP contribution in [0.1, 0.15) is 14.9 Å². The highest BCUT2D eigenvalue weighted by Crippen LogP contribution is 2.29. The van der Waals surface area contributed by atoms with Gasteiger partial charge in [-0.05, 0) is 11.1 Å². The van der Waals surface area contributed by atoms with E-state index in [0.717, 1.165) is 5.33 Å². The summed E-state index contributed by atoms with van der Waals surface area (Å²) < 4.78 is 0.258. The molecule has 0 saturated heterocycles. The molecule has 0 unspecified atom stereocenters. The molecule has 0 bridgehead atoms. The van der Waals surface area contributed by atoms with Gasteiger partial charge in [0.05, 0.1) is 3.74 Å². The standard InChI is InChI=1S/C8H7Br3/c9-5-6-2-1-3-7(4-6)8(10)11/h1-4,8H,5H2. The Balaban J connectivity index is 2.91. The average molecular weight is 343 g/mol. The van der Waals surface area contributed by atoms with Gasteiger partial charge in [-0.2, -0.15) is 0 Å². The molecule has 0 N–H and O–H groups in total. The maximum Gasteiger partial charge on any atom is 0.0946 e. The van der Waals surface area contributed by atoms with Gasteiger partial charge in [-0.3, -0.25) is 0 Å². The number of rotatable bonds is 2. The van der Waals surface area contributed by atoms with Crippen molar-refractivity contribution in [1.82, 2.24) is 0 Å². The fourth-order valence-corrected chi connectivity index (χ4v) is 1.73. The van der Waals surface area contributed by atoms with Crippen LogP contribution in [0.2, 0.25) is 0 Å². The van der Waals surface area contributed by atoms with Gasteiger partial charge in [0.15, 0.2) is 0 Å². The summed E-state index contributed by atoms with van der Waals surface area (Å²) >= 11 is 10.3. The maximum atomic E-state index is 3.45. The molecule has 0 heterocycles. The fourth-order valence-electron chi connectivity index (χ4n) is 0.812. The molecule has 3 heteroatoms. The molecule has 0 aliphatic rings. The van der Waals surface area contributed by atoms with Gasteiger partial charge in [-0.15, -0.1) is 0 Å². The first kappa shape index (κ1) is 9.75. The summed E-state index contributed by atoms with van der Waals surface area (Å²) in [5.41, 5.74) is 2.55. The summed E-state index contributed by atoms with van der Waals surface area (Å²) in [6.07, 6.45) is 0. The van der Waals surface area contributed by atoms with E-state index in [0.29, 0.717) is 0 Å². The van der Waals surface area contributed by atoms with E-state index in [1.165, 1.54) is 11.1 Å². The molecule has 0 nitrogen and oxygen atoms in total. The Morgan fingerprint density at radius 2 is 2.00 bits per heavy atom. The molecule has 0 fully saturated rings. The molecular weight excluding hydrogens is 336 g/mol. The first-order valence-electron chi connectivity index (χ1n) is 3.17. The number of benzene rings is 1. The van der Waals surface area contributed by atoms with Gasteiger partial charge in [-0.1, -0.05) is 72.1 Å². The Labute approximate surface area is 91.8 Å². The quantitative estimate of drug-likeness (QED) is 0.700. The van der Waals surface area contributed by atoms with E-state index in [9.17, 15) is 0 Å². The van der Waals surface area contributed by atoms with Gasteiger partial charge in [-0.25, -0.2) is 0 Å². The molecule has 0 aliphatic carbocycles. The van der Waals surface area contributed by atoms with Crippen LogP contribution in [0.4, 0.5) is 0 Å². The minimum Gasteiger partial charge on any atom is -0.0876 e. The minimum atomic E-state index is 0.258. The van der Waals surface area contributed by atoms with Crippen LogP contribution >= 0.6 is 47.8 Å². The lowest BCUT2D eigenvalue weighted by Gasteiger charge is -2.02. The highest BCUT2D eigenvalue weighted by molar-refractivity contribution is 9.24. The summed E-state index contributed by atoms with van der Waals surface area (Å²) in [5, 5.41) is 0.910. The molecule has 1 aromatic rings. The lowest BCUT2D eigenvalue weighted by atomic mass is 10.2. The van der Waals surface area contributed by atoms with Gasteiger partial charge < -0.3 is 0 Å². The third-order valence-corrected chi connectivity index (χ3v) is 3.06. The highest BCUT2D eigenvalue weighted by atomic mass is 79.9. The Morgan fingerprint density at radius 1 is 1.27 bits per heavy atom. The van der Waals surface area contributed by atoms with Crippen molar-refractivity contribution >= 4 is 47.8 Å². The summed E-state index contributed by atoms with van der Waals surface area (Å²) in [5.74, 6) is 0. The average Bonchev–Trinajstić information content (AvgIpc) is 2.05. The van der Waals surface area contributed by atoms with Gasteiger partial charge in [0.2, 0.25) is 0 Å². The van der Waals surface area contributed by atoms with Crippen molar-refractivity contribution in [2.45, 2.75) is 9.07 Å². The van der Waals surface area contributed by atoms with Gasteiger partial charge in [0.25, 0.3) is 0 Å². The van der Waals surface area contributed by atoms with Crippen LogP contribution in [0.5, 0.6) is 0 Å². The van der Waals surface area contributed by atoms with E-state index in [2.05, 4.69) is 72.1 Å². The van der Waals surface area contributed by atoms with Crippen molar-refractivity contribution in [3.8, 4) is 0 Å². The topological polar surface area (TPSA) is 0 Å². The Bertz CT molecular complexity index is 233. The monoisotopic (exact) mass is 340 g/mol. The SMILES string of the molecule is BrCc1cccc(C(Br)Br)c1. The number of hydrogen-bond donors (Lipinski definition) is 0. The van der Waals surface area contributed by atoms with Crippen LogP contribution in [0.25, 0.3) is 0 Å². The second-order valence-electron chi connectivity index (χ2n) is 2.18. The molecule has 0 atom stereocenters. The third kappa shape index (κ3) is 2.88. The van der Waals surface area contributed by atoms with Crippen molar-refractivity contribution in [3.63, 3.8) is 0 Å². The first-order chi connectivity index (χ1) is 5.24.